The molecule has 1 saturated heterocycles. The number of fused-ring (bicyclic) bond motifs is 1. The van der Waals surface area contributed by atoms with Crippen LogP contribution in [0.4, 0.5) is 0 Å². The molecule has 2 aromatic heterocycles. The number of amides is 2. The molecule has 9 heteroatoms. The Balaban J connectivity index is 0.00000306. The van der Waals surface area contributed by atoms with Crippen LogP contribution in [-0.2, 0) is 4.79 Å². The summed E-state index contributed by atoms with van der Waals surface area (Å²) < 4.78 is 1.77. The molecule has 4 rings (SSSR count). The van der Waals surface area contributed by atoms with Gasteiger partial charge in [0.1, 0.15) is 11.3 Å². The van der Waals surface area contributed by atoms with Gasteiger partial charge in [0.25, 0.3) is 5.91 Å². The van der Waals surface area contributed by atoms with Crippen molar-refractivity contribution >= 4 is 41.5 Å². The largest absolute Gasteiger partial charge is 0.356 e. The van der Waals surface area contributed by atoms with Crippen LogP contribution in [-0.4, -0.2) is 52.3 Å². The standard InChI is InChI=1S/C24H28ClN5O2.ClH/c25-19-9-10-22-28-21(17-30(22)16-19)24(32)29-13-5-4-11-26-20(18-7-2-1-3-8-18)15-23(31)27-12-6-14-29;/h1-3,7-10,16-17,20,26H,4-6,11-15H2,(H,27,31);1H. The minimum atomic E-state index is -0.0962. The van der Waals surface area contributed by atoms with E-state index in [2.05, 4.69) is 15.6 Å². The number of halogens is 2. The molecule has 7 nitrogen and oxygen atoms in total. The Labute approximate surface area is 204 Å². The highest BCUT2D eigenvalue weighted by Gasteiger charge is 2.20. The fourth-order valence-corrected chi connectivity index (χ4v) is 4.17. The normalized spacial score (nSPS) is 18.4. The Morgan fingerprint density at radius 2 is 1.79 bits per heavy atom. The van der Waals surface area contributed by atoms with Gasteiger partial charge in [-0.2, -0.15) is 0 Å². The molecule has 0 saturated carbocycles. The SMILES string of the molecule is Cl.O=C1CC(c2ccccc2)NCCCCN(C(=O)c2cn3cc(Cl)ccc3n2)CCCN1. The Morgan fingerprint density at radius 3 is 2.61 bits per heavy atom. The average Bonchev–Trinajstić information content (AvgIpc) is 3.22. The van der Waals surface area contributed by atoms with Crippen LogP contribution >= 0.6 is 24.0 Å². The zero-order chi connectivity index (χ0) is 22.3. The van der Waals surface area contributed by atoms with E-state index in [0.717, 1.165) is 24.9 Å². The maximum absolute atomic E-state index is 13.2. The first-order chi connectivity index (χ1) is 15.6. The third kappa shape index (κ3) is 6.69. The number of aromatic nitrogens is 2. The lowest BCUT2D eigenvalue weighted by molar-refractivity contribution is -0.121. The van der Waals surface area contributed by atoms with Crippen LogP contribution in [0.2, 0.25) is 5.02 Å². The minimum absolute atomic E-state index is 0. The van der Waals surface area contributed by atoms with Crippen LogP contribution in [0.3, 0.4) is 0 Å². The molecule has 1 atom stereocenters. The zero-order valence-corrected chi connectivity index (χ0v) is 19.9. The number of nitrogens with zero attached hydrogens (tertiary/aromatic N) is 3. The summed E-state index contributed by atoms with van der Waals surface area (Å²) in [5.74, 6) is -0.0816. The second-order valence-corrected chi connectivity index (χ2v) is 8.50. The summed E-state index contributed by atoms with van der Waals surface area (Å²) in [7, 11) is 0. The minimum Gasteiger partial charge on any atom is -0.356 e. The van der Waals surface area contributed by atoms with Crippen LogP contribution < -0.4 is 10.6 Å². The van der Waals surface area contributed by atoms with Gasteiger partial charge in [-0.1, -0.05) is 41.9 Å². The van der Waals surface area contributed by atoms with Gasteiger partial charge in [0.2, 0.25) is 5.91 Å². The fraction of sp³-hybridized carbons (Fsp3) is 0.375. The molecule has 1 aliphatic rings. The molecular formula is C24H29Cl2N5O2. The highest BCUT2D eigenvalue weighted by atomic mass is 35.5. The summed E-state index contributed by atoms with van der Waals surface area (Å²) in [5.41, 5.74) is 2.20. The summed E-state index contributed by atoms with van der Waals surface area (Å²) >= 11 is 6.05. The molecule has 0 spiro atoms. The van der Waals surface area contributed by atoms with E-state index in [0.29, 0.717) is 48.8 Å². The predicted molar refractivity (Wildman–Crippen MR) is 132 cm³/mol. The molecule has 1 fully saturated rings. The Hall–Kier alpha value is -2.61. The fourth-order valence-electron chi connectivity index (χ4n) is 4.00. The van der Waals surface area contributed by atoms with E-state index in [4.69, 9.17) is 11.6 Å². The smallest absolute Gasteiger partial charge is 0.274 e. The third-order valence-corrected chi connectivity index (χ3v) is 5.91. The summed E-state index contributed by atoms with van der Waals surface area (Å²) in [6.45, 7) is 2.54. The molecule has 2 N–H and O–H groups in total. The second-order valence-electron chi connectivity index (χ2n) is 8.06. The molecule has 1 unspecified atom stereocenters. The molecule has 0 radical (unpaired) electrons. The van der Waals surface area contributed by atoms with Gasteiger partial charge in [0, 0.05) is 44.5 Å². The van der Waals surface area contributed by atoms with Crippen molar-refractivity contribution in [3.8, 4) is 0 Å². The van der Waals surface area contributed by atoms with Crippen LogP contribution in [0, 0.1) is 0 Å². The van der Waals surface area contributed by atoms with E-state index < -0.39 is 0 Å². The van der Waals surface area contributed by atoms with Crippen LogP contribution in [0.5, 0.6) is 0 Å². The van der Waals surface area contributed by atoms with Crippen molar-refractivity contribution in [2.75, 3.05) is 26.2 Å². The summed E-state index contributed by atoms with van der Waals surface area (Å²) in [6.07, 6.45) is 6.34. The monoisotopic (exact) mass is 489 g/mol. The molecule has 0 bridgehead atoms. The second kappa shape index (κ2) is 12.0. The number of hydrogen-bond donors (Lipinski definition) is 2. The molecule has 1 aromatic carbocycles. The molecular weight excluding hydrogens is 461 g/mol. The average molecular weight is 490 g/mol. The highest BCUT2D eigenvalue weighted by Crippen LogP contribution is 2.17. The topological polar surface area (TPSA) is 78.7 Å². The van der Waals surface area contributed by atoms with Gasteiger partial charge >= 0.3 is 0 Å². The van der Waals surface area contributed by atoms with Crippen molar-refractivity contribution < 1.29 is 9.59 Å². The number of imidazole rings is 1. The first-order valence-electron chi connectivity index (χ1n) is 11.1. The van der Waals surface area contributed by atoms with Crippen LogP contribution in [0.25, 0.3) is 5.65 Å². The Morgan fingerprint density at radius 1 is 1.00 bits per heavy atom. The Bertz CT molecular complexity index is 1070. The van der Waals surface area contributed by atoms with E-state index in [9.17, 15) is 9.59 Å². The van der Waals surface area contributed by atoms with E-state index in [1.54, 1.807) is 28.9 Å². The van der Waals surface area contributed by atoms with Gasteiger partial charge in [0.15, 0.2) is 0 Å². The number of pyridine rings is 1. The first kappa shape index (κ1) is 25.0. The summed E-state index contributed by atoms with van der Waals surface area (Å²) in [5, 5.41) is 7.10. The molecule has 2 amide bonds. The summed E-state index contributed by atoms with van der Waals surface area (Å²) in [6, 6.07) is 13.6. The highest BCUT2D eigenvalue weighted by molar-refractivity contribution is 6.30. The third-order valence-electron chi connectivity index (χ3n) is 5.69. The molecule has 3 aromatic rings. The van der Waals surface area contributed by atoms with E-state index in [-0.39, 0.29) is 30.3 Å². The molecule has 3 heterocycles. The molecule has 0 aliphatic carbocycles. The quantitative estimate of drug-likeness (QED) is 0.572. The van der Waals surface area contributed by atoms with Gasteiger partial charge < -0.3 is 19.9 Å². The van der Waals surface area contributed by atoms with Crippen molar-refractivity contribution in [3.63, 3.8) is 0 Å². The number of carbonyl (C=O) groups is 2. The van der Waals surface area contributed by atoms with Crippen LogP contribution in [0.1, 0.15) is 47.8 Å². The summed E-state index contributed by atoms with van der Waals surface area (Å²) in [4.78, 5) is 31.9. The number of nitrogens with one attached hydrogen (secondary N) is 2. The maximum Gasteiger partial charge on any atom is 0.274 e. The van der Waals surface area contributed by atoms with Crippen LogP contribution in [0.15, 0.2) is 54.9 Å². The Kier molecular flexibility index (Phi) is 9.11. The van der Waals surface area contributed by atoms with Gasteiger partial charge in [-0.3, -0.25) is 9.59 Å². The lowest BCUT2D eigenvalue weighted by Crippen LogP contribution is -2.35. The first-order valence-corrected chi connectivity index (χ1v) is 11.5. The van der Waals surface area contributed by atoms with E-state index >= 15 is 0 Å². The lowest BCUT2D eigenvalue weighted by Gasteiger charge is -2.22. The number of rotatable bonds is 2. The zero-order valence-electron chi connectivity index (χ0n) is 18.4. The van der Waals surface area contributed by atoms with Gasteiger partial charge in [-0.25, -0.2) is 4.98 Å². The van der Waals surface area contributed by atoms with Crippen molar-refractivity contribution in [1.82, 2.24) is 24.9 Å². The van der Waals surface area contributed by atoms with Crippen molar-refractivity contribution in [1.29, 1.82) is 0 Å². The van der Waals surface area contributed by atoms with E-state index in [1.807, 2.05) is 35.2 Å². The molecule has 176 valence electrons. The number of carbonyl (C=O) groups excluding carboxylic acids is 2. The lowest BCUT2D eigenvalue weighted by atomic mass is 10.0. The number of hydrogen-bond acceptors (Lipinski definition) is 4. The predicted octanol–water partition coefficient (Wildman–Crippen LogP) is 3.87. The number of benzene rings is 1. The van der Waals surface area contributed by atoms with Gasteiger partial charge in [-0.05, 0) is 43.5 Å². The van der Waals surface area contributed by atoms with Crippen molar-refractivity contribution in [2.24, 2.45) is 0 Å². The van der Waals surface area contributed by atoms with Crippen molar-refractivity contribution in [3.05, 3.63) is 71.1 Å². The van der Waals surface area contributed by atoms with Crippen molar-refractivity contribution in [2.45, 2.75) is 31.7 Å². The molecule has 33 heavy (non-hydrogen) atoms. The van der Waals surface area contributed by atoms with Gasteiger partial charge in [-0.15, -0.1) is 12.4 Å². The maximum atomic E-state index is 13.2. The molecule has 1 aliphatic heterocycles. The van der Waals surface area contributed by atoms with Gasteiger partial charge in [0.05, 0.1) is 5.02 Å². The van der Waals surface area contributed by atoms with E-state index in [1.165, 1.54) is 0 Å².